The van der Waals surface area contributed by atoms with Crippen molar-refractivity contribution in [2.45, 2.75) is 6.04 Å². The monoisotopic (exact) mass is 444 g/mol. The molecule has 0 fully saturated rings. The van der Waals surface area contributed by atoms with Crippen molar-refractivity contribution in [3.8, 4) is 11.5 Å². The minimum Gasteiger partial charge on any atom is -0.457 e. The molecule has 6 nitrogen and oxygen atoms in total. The van der Waals surface area contributed by atoms with Gasteiger partial charge in [0.05, 0.1) is 18.8 Å². The zero-order valence-electron chi connectivity index (χ0n) is 18.5. The molecule has 0 bridgehead atoms. The van der Waals surface area contributed by atoms with Crippen LogP contribution in [0.2, 0.25) is 0 Å². The van der Waals surface area contributed by atoms with E-state index in [9.17, 15) is 9.18 Å². The summed E-state index contributed by atoms with van der Waals surface area (Å²) in [6, 6.07) is 22.8. The molecule has 1 atom stereocenters. The Morgan fingerprint density at radius 2 is 1.76 bits per heavy atom. The highest BCUT2D eigenvalue weighted by Gasteiger charge is 2.23. The number of carbonyl (C=O) groups is 1. The first-order valence-corrected chi connectivity index (χ1v) is 10.5. The highest BCUT2D eigenvalue weighted by Crippen LogP contribution is 2.28. The zero-order valence-corrected chi connectivity index (χ0v) is 18.5. The lowest BCUT2D eigenvalue weighted by Crippen LogP contribution is -2.33. The molecule has 168 valence electrons. The number of hydrogen-bond acceptors (Lipinski definition) is 4. The maximum atomic E-state index is 13.9. The van der Waals surface area contributed by atoms with Crippen molar-refractivity contribution >= 4 is 11.6 Å². The number of benzene rings is 3. The average Bonchev–Trinajstić information content (AvgIpc) is 3.21. The predicted octanol–water partition coefficient (Wildman–Crippen LogP) is 5.01. The third-order valence-electron chi connectivity index (χ3n) is 5.16. The van der Waals surface area contributed by atoms with Gasteiger partial charge in [0.1, 0.15) is 17.3 Å². The molecule has 33 heavy (non-hydrogen) atoms. The number of aromatic nitrogens is 2. The lowest BCUT2D eigenvalue weighted by Gasteiger charge is -2.27. The van der Waals surface area contributed by atoms with Crippen LogP contribution in [0, 0.1) is 5.82 Å². The van der Waals surface area contributed by atoms with Crippen molar-refractivity contribution in [2.75, 3.05) is 18.9 Å². The van der Waals surface area contributed by atoms with E-state index in [2.05, 4.69) is 10.4 Å². The van der Waals surface area contributed by atoms with Gasteiger partial charge < -0.3 is 10.1 Å². The third kappa shape index (κ3) is 5.84. The number of ether oxygens (including phenoxy) is 1. The van der Waals surface area contributed by atoms with Gasteiger partial charge in [-0.2, -0.15) is 5.10 Å². The van der Waals surface area contributed by atoms with E-state index in [-0.39, 0.29) is 24.3 Å². The molecule has 0 aliphatic rings. The molecular weight excluding hydrogens is 419 g/mol. The quantitative estimate of drug-likeness (QED) is 0.415. The summed E-state index contributed by atoms with van der Waals surface area (Å²) in [6.45, 7) is 0.109. The van der Waals surface area contributed by atoms with Gasteiger partial charge in [-0.15, -0.1) is 0 Å². The minimum absolute atomic E-state index is 0.109. The van der Waals surface area contributed by atoms with Crippen LogP contribution >= 0.6 is 0 Å². The number of halogens is 1. The van der Waals surface area contributed by atoms with E-state index < -0.39 is 0 Å². The summed E-state index contributed by atoms with van der Waals surface area (Å²) < 4.78 is 21.4. The summed E-state index contributed by atoms with van der Waals surface area (Å²) in [5.74, 6) is 0.922. The Labute approximate surface area is 192 Å². The fourth-order valence-corrected chi connectivity index (χ4v) is 3.71. The molecule has 0 aliphatic carbocycles. The normalized spacial score (nSPS) is 11.9. The molecule has 4 rings (SSSR count). The first-order chi connectivity index (χ1) is 16.0. The Bertz CT molecular complexity index is 1210. The number of anilines is 1. The molecule has 7 heteroatoms. The lowest BCUT2D eigenvalue weighted by molar-refractivity contribution is -0.117. The molecule has 1 aromatic heterocycles. The maximum Gasteiger partial charge on any atom is 0.238 e. The van der Waals surface area contributed by atoms with Crippen LogP contribution in [0.5, 0.6) is 11.5 Å². The SMILES string of the molecule is CN(CC(=O)Nc1ccc(Oc2ccccc2)cc1)[C@@H](c1cccc(F)c1)c1cnn(C)c1. The van der Waals surface area contributed by atoms with Gasteiger partial charge in [-0.25, -0.2) is 4.39 Å². The van der Waals surface area contributed by atoms with Crippen molar-refractivity contribution in [1.82, 2.24) is 14.7 Å². The second-order valence-electron chi connectivity index (χ2n) is 7.81. The van der Waals surface area contributed by atoms with E-state index in [0.29, 0.717) is 11.4 Å². The van der Waals surface area contributed by atoms with E-state index in [1.54, 1.807) is 41.2 Å². The zero-order chi connectivity index (χ0) is 23.2. The number of rotatable bonds is 8. The van der Waals surface area contributed by atoms with E-state index in [1.807, 2.05) is 61.6 Å². The van der Waals surface area contributed by atoms with Crippen LogP contribution in [0.3, 0.4) is 0 Å². The Hall–Kier alpha value is -3.97. The molecule has 0 saturated carbocycles. The maximum absolute atomic E-state index is 13.9. The van der Waals surface area contributed by atoms with Crippen LogP contribution in [0.25, 0.3) is 0 Å². The Balaban J connectivity index is 1.43. The second kappa shape index (κ2) is 10.1. The van der Waals surface area contributed by atoms with Gasteiger partial charge in [-0.3, -0.25) is 14.4 Å². The van der Waals surface area contributed by atoms with Crippen molar-refractivity contribution in [3.05, 3.63) is 108 Å². The Morgan fingerprint density at radius 1 is 1.03 bits per heavy atom. The van der Waals surface area contributed by atoms with Crippen molar-refractivity contribution in [1.29, 1.82) is 0 Å². The van der Waals surface area contributed by atoms with Gasteiger partial charge >= 0.3 is 0 Å². The molecule has 0 aliphatic heterocycles. The number of nitrogens with one attached hydrogen (secondary N) is 1. The summed E-state index contributed by atoms with van der Waals surface area (Å²) >= 11 is 0. The first kappa shape index (κ1) is 22.2. The molecule has 0 spiro atoms. The van der Waals surface area contributed by atoms with Crippen LogP contribution in [-0.4, -0.2) is 34.2 Å². The highest BCUT2D eigenvalue weighted by molar-refractivity contribution is 5.92. The second-order valence-corrected chi connectivity index (χ2v) is 7.81. The van der Waals surface area contributed by atoms with Crippen molar-refractivity contribution in [3.63, 3.8) is 0 Å². The number of para-hydroxylation sites is 1. The van der Waals surface area contributed by atoms with Crippen LogP contribution in [0.4, 0.5) is 10.1 Å². The Kier molecular flexibility index (Phi) is 6.80. The van der Waals surface area contributed by atoms with Gasteiger partial charge in [-0.05, 0) is 61.1 Å². The molecular formula is C26H25FN4O2. The predicted molar refractivity (Wildman–Crippen MR) is 126 cm³/mol. The number of likely N-dealkylation sites (N-methyl/N-ethyl adjacent to an activating group) is 1. The lowest BCUT2D eigenvalue weighted by atomic mass is 10.00. The van der Waals surface area contributed by atoms with Gasteiger partial charge in [0, 0.05) is 24.5 Å². The van der Waals surface area contributed by atoms with Crippen LogP contribution in [-0.2, 0) is 11.8 Å². The van der Waals surface area contributed by atoms with Crippen LogP contribution in [0.15, 0.2) is 91.3 Å². The molecule has 3 aromatic carbocycles. The van der Waals surface area contributed by atoms with Crippen molar-refractivity contribution < 1.29 is 13.9 Å². The van der Waals surface area contributed by atoms with Crippen molar-refractivity contribution in [2.24, 2.45) is 7.05 Å². The van der Waals surface area contributed by atoms with E-state index in [4.69, 9.17) is 4.74 Å². The number of amides is 1. The fraction of sp³-hybridized carbons (Fsp3) is 0.154. The first-order valence-electron chi connectivity index (χ1n) is 10.5. The molecule has 0 saturated heterocycles. The summed E-state index contributed by atoms with van der Waals surface area (Å²) in [5.41, 5.74) is 2.29. The Morgan fingerprint density at radius 3 is 2.42 bits per heavy atom. The molecule has 0 radical (unpaired) electrons. The molecule has 1 N–H and O–H groups in total. The van der Waals surface area contributed by atoms with Gasteiger partial charge in [0.25, 0.3) is 0 Å². The number of hydrogen-bond donors (Lipinski definition) is 1. The van der Waals surface area contributed by atoms with Gasteiger partial charge in [0.15, 0.2) is 0 Å². The number of carbonyl (C=O) groups excluding carboxylic acids is 1. The molecule has 4 aromatic rings. The van der Waals surface area contributed by atoms with E-state index >= 15 is 0 Å². The van der Waals surface area contributed by atoms with Crippen LogP contribution < -0.4 is 10.1 Å². The molecule has 1 amide bonds. The molecule has 0 unspecified atom stereocenters. The van der Waals surface area contributed by atoms with E-state index in [0.717, 1.165) is 16.9 Å². The summed E-state index contributed by atoms with van der Waals surface area (Å²) in [4.78, 5) is 14.6. The summed E-state index contributed by atoms with van der Waals surface area (Å²) in [6.07, 6.45) is 3.60. The van der Waals surface area contributed by atoms with E-state index in [1.165, 1.54) is 12.1 Å². The summed E-state index contributed by atoms with van der Waals surface area (Å²) in [5, 5.41) is 7.14. The standard InChI is InChI=1S/C26H25FN4O2/c1-30(26(20-16-28-31(2)17-20)19-7-6-8-21(27)15-19)18-25(32)29-22-11-13-24(14-12-22)33-23-9-4-3-5-10-23/h3-17,26H,18H2,1-2H3,(H,29,32)/t26-/m0/s1. The third-order valence-corrected chi connectivity index (χ3v) is 5.16. The van der Waals surface area contributed by atoms with Gasteiger partial charge in [-0.1, -0.05) is 30.3 Å². The van der Waals surface area contributed by atoms with Crippen LogP contribution in [0.1, 0.15) is 17.2 Å². The smallest absolute Gasteiger partial charge is 0.238 e. The minimum atomic E-state index is -0.322. The average molecular weight is 445 g/mol. The largest absolute Gasteiger partial charge is 0.457 e. The fourth-order valence-electron chi connectivity index (χ4n) is 3.71. The highest BCUT2D eigenvalue weighted by atomic mass is 19.1. The van der Waals surface area contributed by atoms with Gasteiger partial charge in [0.2, 0.25) is 5.91 Å². The molecule has 1 heterocycles. The topological polar surface area (TPSA) is 59.4 Å². The summed E-state index contributed by atoms with van der Waals surface area (Å²) in [7, 11) is 3.66. The number of aryl methyl sites for hydroxylation is 1. The number of nitrogens with zero attached hydrogens (tertiary/aromatic N) is 3.